The molecule has 1 heterocycles. The lowest BCUT2D eigenvalue weighted by atomic mass is 10.2. The fraction of sp³-hybridized carbons (Fsp3) is 0.0870. The summed E-state index contributed by atoms with van der Waals surface area (Å²) in [7, 11) is 0. The van der Waals surface area contributed by atoms with Crippen LogP contribution in [0.15, 0.2) is 83.9 Å². The van der Waals surface area contributed by atoms with E-state index in [0.717, 1.165) is 21.4 Å². The molecule has 0 radical (unpaired) electrons. The van der Waals surface area contributed by atoms with E-state index in [1.807, 2.05) is 30.5 Å². The number of nitrogens with one attached hydrogen (secondary N) is 1. The number of benzene rings is 3. The molecule has 4 aromatic rings. The van der Waals surface area contributed by atoms with Gasteiger partial charge in [-0.25, -0.2) is 8.78 Å². The van der Waals surface area contributed by atoms with Crippen LogP contribution in [0.1, 0.15) is 5.56 Å². The third-order valence-corrected chi connectivity index (χ3v) is 5.53. The van der Waals surface area contributed by atoms with Crippen LogP contribution in [0.3, 0.4) is 0 Å². The molecule has 3 aromatic carbocycles. The first-order chi connectivity index (χ1) is 14.1. The van der Waals surface area contributed by atoms with Gasteiger partial charge in [0.05, 0.1) is 5.75 Å². The van der Waals surface area contributed by atoms with Crippen LogP contribution in [0, 0.1) is 11.6 Å². The minimum atomic E-state index is -0.390. The summed E-state index contributed by atoms with van der Waals surface area (Å²) in [4.78, 5) is 13.2. The molecule has 0 saturated carbocycles. The number of aromatic nitrogens is 1. The van der Waals surface area contributed by atoms with E-state index in [1.165, 1.54) is 36.0 Å². The molecule has 0 aliphatic rings. The number of carbonyl (C=O) groups is 1. The molecule has 0 fully saturated rings. The molecule has 146 valence electrons. The number of thioether (sulfide) groups is 1. The Morgan fingerprint density at radius 1 is 0.931 bits per heavy atom. The van der Waals surface area contributed by atoms with E-state index < -0.39 is 0 Å². The van der Waals surface area contributed by atoms with Gasteiger partial charge in [-0.05, 0) is 42.0 Å². The van der Waals surface area contributed by atoms with Crippen molar-refractivity contribution in [1.29, 1.82) is 0 Å². The largest absolute Gasteiger partial charge is 0.342 e. The Kier molecular flexibility index (Phi) is 5.62. The van der Waals surface area contributed by atoms with Gasteiger partial charge >= 0.3 is 0 Å². The molecule has 1 N–H and O–H groups in total. The van der Waals surface area contributed by atoms with Gasteiger partial charge in [-0.3, -0.25) is 4.79 Å². The molecule has 1 amide bonds. The highest BCUT2D eigenvalue weighted by atomic mass is 32.2. The third kappa shape index (κ3) is 4.66. The fourth-order valence-corrected chi connectivity index (χ4v) is 4.04. The molecule has 4 rings (SSSR count). The van der Waals surface area contributed by atoms with Crippen LogP contribution in [0.4, 0.5) is 14.5 Å². The summed E-state index contributed by atoms with van der Waals surface area (Å²) in [5, 5.41) is 3.76. The molecular formula is C23H18F2N2OS. The van der Waals surface area contributed by atoms with Gasteiger partial charge in [0.25, 0.3) is 0 Å². The summed E-state index contributed by atoms with van der Waals surface area (Å²) < 4.78 is 28.5. The number of para-hydroxylation sites is 1. The summed E-state index contributed by atoms with van der Waals surface area (Å²) in [6, 6.07) is 20.2. The standard InChI is InChI=1S/C23H18F2N2OS/c24-17-10-8-16(9-11-17)13-27-14-22(20-6-1-2-7-21(20)27)29-15-23(28)26-19-5-3-4-18(25)12-19/h1-12,14H,13,15H2,(H,26,28). The van der Waals surface area contributed by atoms with Gasteiger partial charge in [0.2, 0.25) is 5.91 Å². The van der Waals surface area contributed by atoms with E-state index in [0.29, 0.717) is 12.2 Å². The van der Waals surface area contributed by atoms with Crippen molar-refractivity contribution >= 4 is 34.3 Å². The predicted octanol–water partition coefficient (Wildman–Crippen LogP) is 5.70. The van der Waals surface area contributed by atoms with Gasteiger partial charge in [-0.2, -0.15) is 0 Å². The number of amides is 1. The molecule has 0 aliphatic carbocycles. The highest BCUT2D eigenvalue weighted by molar-refractivity contribution is 8.00. The normalized spacial score (nSPS) is 11.0. The molecule has 3 nitrogen and oxygen atoms in total. The molecular weight excluding hydrogens is 390 g/mol. The number of carbonyl (C=O) groups excluding carboxylic acids is 1. The van der Waals surface area contributed by atoms with Crippen LogP contribution >= 0.6 is 11.8 Å². The summed E-state index contributed by atoms with van der Waals surface area (Å²) >= 11 is 1.43. The van der Waals surface area contributed by atoms with Crippen LogP contribution in [-0.2, 0) is 11.3 Å². The Balaban J connectivity index is 1.50. The van der Waals surface area contributed by atoms with Crippen LogP contribution in [0.5, 0.6) is 0 Å². The number of halogens is 2. The number of anilines is 1. The lowest BCUT2D eigenvalue weighted by Crippen LogP contribution is -2.13. The van der Waals surface area contributed by atoms with Crippen molar-refractivity contribution in [3.8, 4) is 0 Å². The highest BCUT2D eigenvalue weighted by Gasteiger charge is 2.11. The lowest BCUT2D eigenvalue weighted by Gasteiger charge is -2.05. The van der Waals surface area contributed by atoms with Crippen molar-refractivity contribution in [3.63, 3.8) is 0 Å². The van der Waals surface area contributed by atoms with E-state index in [9.17, 15) is 13.6 Å². The predicted molar refractivity (Wildman–Crippen MR) is 113 cm³/mol. The Labute approximate surface area is 171 Å². The fourth-order valence-electron chi connectivity index (χ4n) is 3.15. The van der Waals surface area contributed by atoms with E-state index in [-0.39, 0.29) is 23.3 Å². The lowest BCUT2D eigenvalue weighted by molar-refractivity contribution is -0.113. The van der Waals surface area contributed by atoms with E-state index in [4.69, 9.17) is 0 Å². The third-order valence-electron chi connectivity index (χ3n) is 4.49. The maximum atomic E-state index is 13.3. The zero-order valence-corrected chi connectivity index (χ0v) is 16.3. The SMILES string of the molecule is O=C(CSc1cn(Cc2ccc(F)cc2)c2ccccc12)Nc1cccc(F)c1. The number of nitrogens with zero attached hydrogens (tertiary/aromatic N) is 1. The molecule has 0 bridgehead atoms. The zero-order chi connectivity index (χ0) is 20.2. The second-order valence-electron chi connectivity index (χ2n) is 6.61. The van der Waals surface area contributed by atoms with Crippen molar-refractivity contribution in [3.05, 3.63) is 96.2 Å². The summed E-state index contributed by atoms with van der Waals surface area (Å²) in [5.41, 5.74) is 2.48. The highest BCUT2D eigenvalue weighted by Crippen LogP contribution is 2.30. The van der Waals surface area contributed by atoms with Gasteiger partial charge < -0.3 is 9.88 Å². The minimum Gasteiger partial charge on any atom is -0.342 e. The zero-order valence-electron chi connectivity index (χ0n) is 15.4. The van der Waals surface area contributed by atoms with Crippen molar-refractivity contribution in [2.75, 3.05) is 11.1 Å². The molecule has 0 aliphatic heterocycles. The van der Waals surface area contributed by atoms with Gasteiger partial charge in [-0.1, -0.05) is 36.4 Å². The number of hydrogen-bond acceptors (Lipinski definition) is 2. The smallest absolute Gasteiger partial charge is 0.234 e. The summed E-state index contributed by atoms with van der Waals surface area (Å²) in [6.07, 6.45) is 2.01. The molecule has 0 spiro atoms. The van der Waals surface area contributed by atoms with Crippen molar-refractivity contribution in [2.24, 2.45) is 0 Å². The second-order valence-corrected chi connectivity index (χ2v) is 7.63. The number of hydrogen-bond donors (Lipinski definition) is 1. The van der Waals surface area contributed by atoms with Crippen LogP contribution in [0.25, 0.3) is 10.9 Å². The van der Waals surface area contributed by atoms with Crippen molar-refractivity contribution in [1.82, 2.24) is 4.57 Å². The molecule has 6 heteroatoms. The van der Waals surface area contributed by atoms with Crippen molar-refractivity contribution < 1.29 is 13.6 Å². The average molecular weight is 408 g/mol. The van der Waals surface area contributed by atoms with E-state index >= 15 is 0 Å². The summed E-state index contributed by atoms with van der Waals surface area (Å²) in [6.45, 7) is 0.608. The van der Waals surface area contributed by atoms with Crippen LogP contribution in [-0.4, -0.2) is 16.2 Å². The van der Waals surface area contributed by atoms with Gasteiger partial charge in [-0.15, -0.1) is 11.8 Å². The van der Waals surface area contributed by atoms with Gasteiger partial charge in [0, 0.05) is 34.2 Å². The molecule has 0 unspecified atom stereocenters. The van der Waals surface area contributed by atoms with Crippen LogP contribution < -0.4 is 5.32 Å². The van der Waals surface area contributed by atoms with Gasteiger partial charge in [0.15, 0.2) is 0 Å². The second kappa shape index (κ2) is 8.49. The summed E-state index contributed by atoms with van der Waals surface area (Å²) in [5.74, 6) is -0.636. The maximum Gasteiger partial charge on any atom is 0.234 e. The quantitative estimate of drug-likeness (QED) is 0.415. The first-order valence-corrected chi connectivity index (χ1v) is 10.1. The number of fused-ring (bicyclic) bond motifs is 1. The maximum absolute atomic E-state index is 13.3. The van der Waals surface area contributed by atoms with Crippen LogP contribution in [0.2, 0.25) is 0 Å². The number of rotatable bonds is 6. The Morgan fingerprint density at radius 2 is 1.72 bits per heavy atom. The topological polar surface area (TPSA) is 34.0 Å². The molecule has 0 atom stereocenters. The van der Waals surface area contributed by atoms with E-state index in [2.05, 4.69) is 9.88 Å². The first kappa shape index (κ1) is 19.2. The van der Waals surface area contributed by atoms with Crippen molar-refractivity contribution in [2.45, 2.75) is 11.4 Å². The Morgan fingerprint density at radius 3 is 2.52 bits per heavy atom. The monoisotopic (exact) mass is 408 g/mol. The first-order valence-electron chi connectivity index (χ1n) is 9.09. The average Bonchev–Trinajstić information content (AvgIpc) is 3.06. The molecule has 1 aromatic heterocycles. The van der Waals surface area contributed by atoms with Gasteiger partial charge in [0.1, 0.15) is 11.6 Å². The van der Waals surface area contributed by atoms with E-state index in [1.54, 1.807) is 24.3 Å². The Bertz CT molecular complexity index is 1160. The minimum absolute atomic E-state index is 0.198. The molecule has 29 heavy (non-hydrogen) atoms. The molecule has 0 saturated heterocycles. The Hall–Kier alpha value is -3.12.